The Balaban J connectivity index is 1.94. The molecular formula is C17H22N2O3. The molecule has 0 atom stereocenters. The number of carbonyl (C=O) groups excluding carboxylic acids is 1. The predicted octanol–water partition coefficient (Wildman–Crippen LogP) is 2.74. The second-order valence-corrected chi connectivity index (χ2v) is 5.56. The summed E-state index contributed by atoms with van der Waals surface area (Å²) in [6.07, 6.45) is 5.78. The van der Waals surface area contributed by atoms with Gasteiger partial charge in [0, 0.05) is 19.2 Å². The molecular weight excluding hydrogens is 280 g/mol. The van der Waals surface area contributed by atoms with Crippen LogP contribution in [0.3, 0.4) is 0 Å². The van der Waals surface area contributed by atoms with Crippen LogP contribution < -0.4 is 9.47 Å². The van der Waals surface area contributed by atoms with E-state index in [4.69, 9.17) is 14.7 Å². The second kappa shape index (κ2) is 7.69. The number of ether oxygens (including phenoxy) is 2. The lowest BCUT2D eigenvalue weighted by Gasteiger charge is -2.31. The molecule has 1 aromatic carbocycles. The molecule has 0 unspecified atom stereocenters. The number of carbonyl (C=O) groups is 1. The van der Waals surface area contributed by atoms with Crippen LogP contribution in [0.4, 0.5) is 0 Å². The normalized spacial score (nSPS) is 15.0. The Morgan fingerprint density at radius 1 is 1.32 bits per heavy atom. The minimum atomic E-state index is -0.0293. The van der Waals surface area contributed by atoms with Gasteiger partial charge in [-0.2, -0.15) is 5.26 Å². The molecule has 1 aromatic rings. The first kappa shape index (κ1) is 16.2. The van der Waals surface area contributed by atoms with Crippen LogP contribution in [0.25, 0.3) is 0 Å². The van der Waals surface area contributed by atoms with E-state index in [9.17, 15) is 4.79 Å². The van der Waals surface area contributed by atoms with Gasteiger partial charge in [0.05, 0.1) is 18.7 Å². The van der Waals surface area contributed by atoms with E-state index < -0.39 is 0 Å². The zero-order valence-electron chi connectivity index (χ0n) is 13.2. The third kappa shape index (κ3) is 3.91. The monoisotopic (exact) mass is 302 g/mol. The summed E-state index contributed by atoms with van der Waals surface area (Å²) in [4.78, 5) is 14.0. The summed E-state index contributed by atoms with van der Waals surface area (Å²) in [5.74, 6) is 0.914. The third-order valence-electron chi connectivity index (χ3n) is 4.16. The van der Waals surface area contributed by atoms with Gasteiger partial charge in [-0.3, -0.25) is 4.79 Å². The van der Waals surface area contributed by atoms with Gasteiger partial charge in [0.15, 0.2) is 18.1 Å². The molecule has 5 heteroatoms. The highest BCUT2D eigenvalue weighted by atomic mass is 16.5. The van der Waals surface area contributed by atoms with E-state index in [2.05, 4.69) is 0 Å². The maximum absolute atomic E-state index is 12.2. The van der Waals surface area contributed by atoms with Crippen LogP contribution in [-0.4, -0.2) is 37.6 Å². The molecule has 0 saturated heterocycles. The lowest BCUT2D eigenvalue weighted by Crippen LogP contribution is -2.40. The maximum Gasteiger partial charge on any atom is 0.260 e. The summed E-state index contributed by atoms with van der Waals surface area (Å²) in [6, 6.07) is 7.28. The Bertz CT molecular complexity index is 560. The number of hydrogen-bond acceptors (Lipinski definition) is 4. The first-order valence-electron chi connectivity index (χ1n) is 7.62. The number of rotatable bonds is 5. The average molecular weight is 302 g/mol. The molecule has 1 fully saturated rings. The molecule has 22 heavy (non-hydrogen) atoms. The van der Waals surface area contributed by atoms with Gasteiger partial charge in [0.1, 0.15) is 0 Å². The standard InChI is InChI=1S/C17H22N2O3/c1-19(14-6-4-3-5-7-14)17(20)12-22-15-9-8-13(11-18)10-16(15)21-2/h8-10,14H,3-7,12H2,1-2H3. The molecule has 1 amide bonds. The molecule has 0 N–H and O–H groups in total. The van der Waals surface area contributed by atoms with Crippen LogP contribution in [0.5, 0.6) is 11.5 Å². The largest absolute Gasteiger partial charge is 0.493 e. The highest BCUT2D eigenvalue weighted by Crippen LogP contribution is 2.28. The van der Waals surface area contributed by atoms with Crippen LogP contribution >= 0.6 is 0 Å². The average Bonchev–Trinajstić information content (AvgIpc) is 2.59. The van der Waals surface area contributed by atoms with E-state index in [0.717, 1.165) is 12.8 Å². The van der Waals surface area contributed by atoms with Crippen LogP contribution in [-0.2, 0) is 4.79 Å². The topological polar surface area (TPSA) is 62.6 Å². The first-order valence-corrected chi connectivity index (χ1v) is 7.62. The molecule has 2 rings (SSSR count). The molecule has 118 valence electrons. The second-order valence-electron chi connectivity index (χ2n) is 5.56. The number of nitriles is 1. The molecule has 0 bridgehead atoms. The fraction of sp³-hybridized carbons (Fsp3) is 0.529. The highest BCUT2D eigenvalue weighted by Gasteiger charge is 2.22. The van der Waals surface area contributed by atoms with Crippen molar-refractivity contribution < 1.29 is 14.3 Å². The zero-order chi connectivity index (χ0) is 15.9. The summed E-state index contributed by atoms with van der Waals surface area (Å²) in [7, 11) is 3.36. The Morgan fingerprint density at radius 3 is 2.68 bits per heavy atom. The minimum absolute atomic E-state index is 0.0186. The summed E-state index contributed by atoms with van der Waals surface area (Å²) in [5, 5.41) is 8.88. The Labute approximate surface area is 131 Å². The SMILES string of the molecule is COc1cc(C#N)ccc1OCC(=O)N(C)C1CCCCC1. The number of hydrogen-bond donors (Lipinski definition) is 0. The van der Waals surface area contributed by atoms with Gasteiger partial charge in [-0.05, 0) is 25.0 Å². The van der Waals surface area contributed by atoms with Gasteiger partial charge in [-0.25, -0.2) is 0 Å². The van der Waals surface area contributed by atoms with Crippen molar-refractivity contribution in [2.24, 2.45) is 0 Å². The summed E-state index contributed by atoms with van der Waals surface area (Å²) >= 11 is 0. The smallest absolute Gasteiger partial charge is 0.260 e. The van der Waals surface area contributed by atoms with Crippen LogP contribution in [0, 0.1) is 11.3 Å². The van der Waals surface area contributed by atoms with Crippen molar-refractivity contribution in [2.45, 2.75) is 38.1 Å². The molecule has 0 aromatic heterocycles. The fourth-order valence-electron chi connectivity index (χ4n) is 2.77. The fourth-order valence-corrected chi connectivity index (χ4v) is 2.77. The van der Waals surface area contributed by atoms with E-state index in [1.165, 1.54) is 26.4 Å². The van der Waals surface area contributed by atoms with Gasteiger partial charge in [-0.1, -0.05) is 19.3 Å². The van der Waals surface area contributed by atoms with Gasteiger partial charge in [-0.15, -0.1) is 0 Å². The molecule has 5 nitrogen and oxygen atoms in total. The Morgan fingerprint density at radius 2 is 2.05 bits per heavy atom. The van der Waals surface area contributed by atoms with E-state index in [-0.39, 0.29) is 12.5 Å². The molecule has 0 heterocycles. The number of nitrogens with zero attached hydrogens (tertiary/aromatic N) is 2. The van der Waals surface area contributed by atoms with Crippen molar-refractivity contribution in [1.82, 2.24) is 4.90 Å². The molecule has 1 aliphatic carbocycles. The van der Waals surface area contributed by atoms with E-state index in [0.29, 0.717) is 23.1 Å². The molecule has 0 radical (unpaired) electrons. The summed E-state index contributed by atoms with van der Waals surface area (Å²) < 4.78 is 10.8. The first-order chi connectivity index (χ1) is 10.7. The molecule has 0 spiro atoms. The van der Waals surface area contributed by atoms with E-state index in [1.807, 2.05) is 13.1 Å². The predicted molar refractivity (Wildman–Crippen MR) is 82.8 cm³/mol. The van der Waals surface area contributed by atoms with Crippen LogP contribution in [0.2, 0.25) is 0 Å². The van der Waals surface area contributed by atoms with Crippen molar-refractivity contribution in [3.05, 3.63) is 23.8 Å². The maximum atomic E-state index is 12.2. The van der Waals surface area contributed by atoms with Crippen LogP contribution in [0.15, 0.2) is 18.2 Å². The summed E-state index contributed by atoms with van der Waals surface area (Å²) in [5.41, 5.74) is 0.495. The highest BCUT2D eigenvalue weighted by molar-refractivity contribution is 5.78. The quantitative estimate of drug-likeness (QED) is 0.839. The van der Waals surface area contributed by atoms with Crippen molar-refractivity contribution in [3.8, 4) is 17.6 Å². The lowest BCUT2D eigenvalue weighted by atomic mass is 9.94. The van der Waals surface area contributed by atoms with Gasteiger partial charge in [0.2, 0.25) is 0 Å². The van der Waals surface area contributed by atoms with Gasteiger partial charge >= 0.3 is 0 Å². The number of likely N-dealkylation sites (N-methyl/N-ethyl adjacent to an activating group) is 1. The molecule has 1 aliphatic rings. The van der Waals surface area contributed by atoms with E-state index in [1.54, 1.807) is 23.1 Å². The van der Waals surface area contributed by atoms with Gasteiger partial charge in [0.25, 0.3) is 5.91 Å². The van der Waals surface area contributed by atoms with E-state index >= 15 is 0 Å². The zero-order valence-corrected chi connectivity index (χ0v) is 13.2. The third-order valence-corrected chi connectivity index (χ3v) is 4.16. The number of benzene rings is 1. The van der Waals surface area contributed by atoms with Crippen molar-refractivity contribution in [2.75, 3.05) is 20.8 Å². The van der Waals surface area contributed by atoms with Crippen molar-refractivity contribution in [3.63, 3.8) is 0 Å². The number of amides is 1. The Kier molecular flexibility index (Phi) is 5.65. The lowest BCUT2D eigenvalue weighted by molar-refractivity contribution is -0.134. The molecule has 1 saturated carbocycles. The number of methoxy groups -OCH3 is 1. The van der Waals surface area contributed by atoms with Gasteiger partial charge < -0.3 is 14.4 Å². The van der Waals surface area contributed by atoms with Crippen molar-refractivity contribution in [1.29, 1.82) is 5.26 Å². The van der Waals surface area contributed by atoms with Crippen LogP contribution in [0.1, 0.15) is 37.7 Å². The summed E-state index contributed by atoms with van der Waals surface area (Å²) in [6.45, 7) is -0.0186. The minimum Gasteiger partial charge on any atom is -0.493 e. The van der Waals surface area contributed by atoms with Crippen molar-refractivity contribution >= 4 is 5.91 Å². The molecule has 0 aliphatic heterocycles. The Hall–Kier alpha value is -2.22.